The fourth-order valence-electron chi connectivity index (χ4n) is 7.05. The maximum Gasteiger partial charge on any atom is 0.483 e. The molecule has 0 bridgehead atoms. The SMILES string of the molecule is CCOc1cc(NC(=O)c2ccccc2)c(OCC)cc1NC(=O)CCCCC[C@@H]1O[C@H](OP(=O)(O)OP(=O)(O)OC[C@H]2O[C@@H](n3cnc4c(=O)[nH]c(N)nc43)[C@H](O)[C@@H]2O)[C@@H](O)[C@H](O)[C@@H]1O. The van der Waals surface area contributed by atoms with Gasteiger partial charge in [-0.05, 0) is 38.8 Å². The molecule has 11 atom stereocenters. The Balaban J connectivity index is 0.975. The Kier molecular flexibility index (Phi) is 16.7. The Morgan fingerprint density at radius 3 is 2.17 bits per heavy atom. The highest BCUT2D eigenvalue weighted by atomic mass is 31.3. The number of hydrogen-bond acceptors (Lipinski definition) is 20. The van der Waals surface area contributed by atoms with Crippen molar-refractivity contribution in [2.24, 2.45) is 0 Å². The van der Waals surface area contributed by atoms with Crippen molar-refractivity contribution in [1.82, 2.24) is 19.5 Å². The number of nitrogens with one attached hydrogen (secondary N) is 3. The number of benzene rings is 2. The van der Waals surface area contributed by atoms with E-state index in [9.17, 15) is 58.8 Å². The van der Waals surface area contributed by atoms with Gasteiger partial charge in [0.05, 0.1) is 43.6 Å². The number of aliphatic hydroxyl groups is 5. The first kappa shape index (κ1) is 50.5. The number of imidazole rings is 1. The molecule has 2 aromatic heterocycles. The van der Waals surface area contributed by atoms with Crippen LogP contribution in [-0.4, -0.2) is 135 Å². The van der Waals surface area contributed by atoms with Crippen LogP contribution < -0.4 is 31.4 Å². The van der Waals surface area contributed by atoms with Crippen molar-refractivity contribution in [1.29, 1.82) is 0 Å². The molecule has 0 saturated carbocycles. The lowest BCUT2D eigenvalue weighted by atomic mass is 9.95. The van der Waals surface area contributed by atoms with Crippen LogP contribution in [0.4, 0.5) is 17.3 Å². The van der Waals surface area contributed by atoms with E-state index < -0.39 is 83.1 Å². The van der Waals surface area contributed by atoms with E-state index in [4.69, 9.17) is 33.7 Å². The quantitative estimate of drug-likeness (QED) is 0.0410. The van der Waals surface area contributed by atoms with Crippen LogP contribution in [0.1, 0.15) is 62.5 Å². The van der Waals surface area contributed by atoms with Crippen LogP contribution in [0.5, 0.6) is 11.5 Å². The van der Waals surface area contributed by atoms with Gasteiger partial charge >= 0.3 is 15.6 Å². The number of H-pyrrole nitrogens is 1. The zero-order valence-corrected chi connectivity index (χ0v) is 37.1. The second-order valence-corrected chi connectivity index (χ2v) is 17.9. The summed E-state index contributed by atoms with van der Waals surface area (Å²) in [7, 11) is -11.3. The summed E-state index contributed by atoms with van der Waals surface area (Å²) in [5.74, 6) is -0.474. The molecule has 2 fully saturated rings. The average Bonchev–Trinajstić information content (AvgIpc) is 3.81. The molecule has 2 saturated heterocycles. The number of rotatable bonds is 21. The van der Waals surface area contributed by atoms with Gasteiger partial charge in [0.1, 0.15) is 48.1 Å². The van der Waals surface area contributed by atoms with Crippen molar-refractivity contribution >= 4 is 55.9 Å². The summed E-state index contributed by atoms with van der Waals surface area (Å²) in [5, 5.41) is 58.4. The van der Waals surface area contributed by atoms with Gasteiger partial charge in [-0.1, -0.05) is 31.0 Å². The highest BCUT2D eigenvalue weighted by molar-refractivity contribution is 7.61. The second kappa shape index (κ2) is 21.8. The molecule has 2 amide bonds. The lowest BCUT2D eigenvalue weighted by Crippen LogP contribution is -2.57. The summed E-state index contributed by atoms with van der Waals surface area (Å²) in [6, 6.07) is 11.6. The maximum absolute atomic E-state index is 13.0. The number of fused-ring (bicyclic) bond motifs is 1. The van der Waals surface area contributed by atoms with Crippen LogP contribution in [0.25, 0.3) is 11.2 Å². The second-order valence-electron chi connectivity index (χ2n) is 14.9. The molecule has 2 aliphatic heterocycles. The number of nitrogen functional groups attached to an aromatic ring is 1. The summed E-state index contributed by atoms with van der Waals surface area (Å²) in [5.41, 5.74) is 5.64. The Labute approximate surface area is 374 Å². The van der Waals surface area contributed by atoms with E-state index >= 15 is 0 Å². The molecule has 66 heavy (non-hydrogen) atoms. The van der Waals surface area contributed by atoms with E-state index in [1.165, 1.54) is 0 Å². The first-order chi connectivity index (χ1) is 31.3. The number of nitrogens with two attached hydrogens (primary N) is 1. The van der Waals surface area contributed by atoms with Gasteiger partial charge in [-0.25, -0.2) is 14.1 Å². The zero-order chi connectivity index (χ0) is 47.9. The van der Waals surface area contributed by atoms with Crippen LogP contribution in [0.15, 0.2) is 53.6 Å². The fourth-order valence-corrected chi connectivity index (χ4v) is 9.21. The minimum Gasteiger partial charge on any atom is -0.492 e. The van der Waals surface area contributed by atoms with Gasteiger partial charge in [-0.15, -0.1) is 0 Å². The number of nitrogens with zero attached hydrogens (tertiary/aromatic N) is 3. The Bertz CT molecular complexity index is 2480. The van der Waals surface area contributed by atoms with Crippen LogP contribution >= 0.6 is 15.6 Å². The maximum atomic E-state index is 13.0. The molecule has 28 heteroatoms. The number of unbranched alkanes of at least 4 members (excludes halogenated alkanes) is 2. The van der Waals surface area contributed by atoms with E-state index in [0.717, 1.165) is 10.9 Å². The summed E-state index contributed by atoms with van der Waals surface area (Å²) >= 11 is 0. The minimum absolute atomic E-state index is 0.0155. The van der Waals surface area contributed by atoms with Crippen molar-refractivity contribution in [3.63, 3.8) is 0 Å². The molecule has 4 heterocycles. The van der Waals surface area contributed by atoms with Crippen LogP contribution in [-0.2, 0) is 36.8 Å². The number of aliphatic hydroxyl groups excluding tert-OH is 5. The molecule has 2 aromatic carbocycles. The molecular formula is C38H51N7O19P2. The monoisotopic (exact) mass is 971 g/mol. The molecule has 0 spiro atoms. The van der Waals surface area contributed by atoms with E-state index in [1.54, 1.807) is 56.3 Å². The number of amides is 2. The topological polar surface area (TPSA) is 388 Å². The van der Waals surface area contributed by atoms with Crippen molar-refractivity contribution in [3.8, 4) is 11.5 Å². The van der Waals surface area contributed by atoms with Crippen molar-refractivity contribution < 1.29 is 86.3 Å². The number of anilines is 3. The molecule has 26 nitrogen and oxygen atoms in total. The molecule has 2 aliphatic rings. The molecule has 0 aliphatic carbocycles. The molecule has 6 rings (SSSR count). The normalized spacial score (nSPS) is 26.0. The van der Waals surface area contributed by atoms with Crippen LogP contribution in [0.2, 0.25) is 0 Å². The van der Waals surface area contributed by atoms with Gasteiger partial charge < -0.3 is 70.6 Å². The molecule has 0 radical (unpaired) electrons. The number of aromatic nitrogens is 4. The third kappa shape index (κ3) is 12.4. The Morgan fingerprint density at radius 2 is 1.50 bits per heavy atom. The predicted octanol–water partition coefficient (Wildman–Crippen LogP) is 1.02. The summed E-state index contributed by atoms with van der Waals surface area (Å²) in [6.07, 6.45) is -13.8. The number of hydrogen-bond donors (Lipinski definition) is 11. The van der Waals surface area contributed by atoms with E-state index in [-0.39, 0.29) is 67.2 Å². The van der Waals surface area contributed by atoms with Gasteiger partial charge in [0.25, 0.3) is 11.5 Å². The van der Waals surface area contributed by atoms with Crippen LogP contribution in [0, 0.1) is 0 Å². The first-order valence-electron chi connectivity index (χ1n) is 20.5. The fraction of sp³-hybridized carbons (Fsp3) is 0.500. The lowest BCUT2D eigenvalue weighted by molar-refractivity contribution is -0.276. The predicted molar refractivity (Wildman–Crippen MR) is 228 cm³/mol. The Hall–Kier alpha value is -4.89. The molecule has 4 aromatic rings. The number of aromatic amines is 1. The average molecular weight is 972 g/mol. The number of carbonyl (C=O) groups excluding carboxylic acids is 2. The summed E-state index contributed by atoms with van der Waals surface area (Å²) in [4.78, 5) is 68.7. The van der Waals surface area contributed by atoms with Crippen molar-refractivity contribution in [2.75, 3.05) is 36.2 Å². The standard InChI is InChI=1S/C38H51N7O19P2/c1-3-58-23-16-21(42-34(52)19-11-7-5-8-12-19)24(59-4-2)15-20(23)41-26(46)14-10-6-9-13-22-28(47)30(49)32(51)37(62-22)63-66(56,57)64-65(54,55)60-17-25-29(48)31(50)36(61-25)45-18-40-27-33(45)43-38(39)44-35(27)53/h5,7-8,11-12,15-16,18,22,25,28-32,36-37,47-51H,3-4,6,9-10,13-14,17H2,1-2H3,(H,41,46)(H,42,52)(H,54,55)(H,56,57)(H3,39,43,44,53)/t22-,25+,28+,29+,30+,31+,32-,36+,37+/m0/s1. The van der Waals surface area contributed by atoms with Gasteiger partial charge in [0, 0.05) is 24.1 Å². The molecular weight excluding hydrogens is 920 g/mol. The third-order valence-corrected chi connectivity index (χ3v) is 12.8. The summed E-state index contributed by atoms with van der Waals surface area (Å²) < 4.78 is 63.1. The van der Waals surface area contributed by atoms with Gasteiger partial charge in [-0.2, -0.15) is 9.29 Å². The molecule has 2 unspecified atom stereocenters. The van der Waals surface area contributed by atoms with Crippen LogP contribution in [0.3, 0.4) is 0 Å². The van der Waals surface area contributed by atoms with E-state index in [1.807, 2.05) is 0 Å². The molecule has 12 N–H and O–H groups in total. The van der Waals surface area contributed by atoms with Crippen molar-refractivity contribution in [2.45, 2.75) is 101 Å². The van der Waals surface area contributed by atoms with E-state index in [0.29, 0.717) is 35.5 Å². The minimum atomic E-state index is -5.70. The number of phosphoric acid groups is 2. The highest BCUT2D eigenvalue weighted by Crippen LogP contribution is 2.61. The smallest absolute Gasteiger partial charge is 0.483 e. The number of carbonyl (C=O) groups is 2. The number of ether oxygens (including phenoxy) is 4. The number of phosphoric ester groups is 2. The van der Waals surface area contributed by atoms with Gasteiger partial charge in [-0.3, -0.25) is 33.0 Å². The summed E-state index contributed by atoms with van der Waals surface area (Å²) in [6.45, 7) is 3.01. The first-order valence-corrected chi connectivity index (χ1v) is 23.5. The third-order valence-electron chi connectivity index (χ3n) is 10.2. The van der Waals surface area contributed by atoms with Gasteiger partial charge in [0.15, 0.2) is 23.7 Å². The Morgan fingerprint density at radius 1 is 0.848 bits per heavy atom. The lowest BCUT2D eigenvalue weighted by Gasteiger charge is -2.40. The van der Waals surface area contributed by atoms with Crippen molar-refractivity contribution in [3.05, 3.63) is 64.7 Å². The van der Waals surface area contributed by atoms with E-state index in [2.05, 4.69) is 29.9 Å². The largest absolute Gasteiger partial charge is 0.492 e. The van der Waals surface area contributed by atoms with Gasteiger partial charge in [0.2, 0.25) is 11.9 Å². The highest BCUT2D eigenvalue weighted by Gasteiger charge is 2.50. The molecule has 362 valence electrons. The zero-order valence-electron chi connectivity index (χ0n) is 35.3.